The van der Waals surface area contributed by atoms with Gasteiger partial charge in [-0.1, -0.05) is 11.6 Å². The molecule has 0 saturated heterocycles. The Morgan fingerprint density at radius 2 is 1.93 bits per heavy atom. The van der Waals surface area contributed by atoms with E-state index in [1.807, 2.05) is 0 Å². The number of hydrogen-bond donors (Lipinski definition) is 2. The summed E-state index contributed by atoms with van der Waals surface area (Å²) in [6.07, 6.45) is 9.77. The van der Waals surface area contributed by atoms with E-state index in [9.17, 15) is 9.90 Å². The highest BCUT2D eigenvalue weighted by Crippen LogP contribution is 2.60. The van der Waals surface area contributed by atoms with Crippen LogP contribution in [0.4, 0.5) is 0 Å². The Morgan fingerprint density at radius 3 is 2.44 bits per heavy atom. The molecule has 1 atom stereocenters. The molecular weight excluding hydrogens is 362 g/mol. The van der Waals surface area contributed by atoms with Crippen LogP contribution in [0, 0.1) is 23.2 Å². The summed E-state index contributed by atoms with van der Waals surface area (Å²) in [5.41, 5.74) is 6.93. The Labute approximate surface area is 166 Å². The first-order chi connectivity index (χ1) is 12.9. The molecule has 4 aliphatic rings. The molecule has 1 heterocycles. The average Bonchev–Trinajstić information content (AvgIpc) is 2.59. The van der Waals surface area contributed by atoms with Crippen molar-refractivity contribution in [2.75, 3.05) is 19.7 Å². The number of carbonyl (C=O) groups is 1. The Bertz CT molecular complexity index is 688. The maximum absolute atomic E-state index is 11.6. The molecule has 5 nitrogen and oxygen atoms in total. The SMILES string of the molecule is CC(c1cc(C(N)=O)c(Cl)cn1)N(CCO)CC12CC3CC(CC(C3)C1)C2. The van der Waals surface area contributed by atoms with Crippen LogP contribution in [0.5, 0.6) is 0 Å². The molecule has 0 spiro atoms. The summed E-state index contributed by atoms with van der Waals surface area (Å²) in [4.78, 5) is 18.4. The number of rotatable bonds is 7. The molecule has 0 radical (unpaired) electrons. The van der Waals surface area contributed by atoms with Gasteiger partial charge < -0.3 is 10.8 Å². The molecule has 1 unspecified atom stereocenters. The summed E-state index contributed by atoms with van der Waals surface area (Å²) in [6.45, 7) is 3.82. The molecule has 6 heteroatoms. The fourth-order valence-corrected chi connectivity index (χ4v) is 6.71. The molecule has 0 aliphatic heterocycles. The lowest BCUT2D eigenvalue weighted by atomic mass is 9.49. The molecule has 148 valence electrons. The van der Waals surface area contributed by atoms with Gasteiger partial charge in [-0.05, 0) is 74.7 Å². The summed E-state index contributed by atoms with van der Waals surface area (Å²) < 4.78 is 0. The largest absolute Gasteiger partial charge is 0.395 e. The zero-order valence-corrected chi connectivity index (χ0v) is 16.8. The van der Waals surface area contributed by atoms with Gasteiger partial charge in [0.15, 0.2) is 0 Å². The lowest BCUT2D eigenvalue weighted by molar-refractivity contribution is -0.0755. The lowest BCUT2D eigenvalue weighted by Crippen LogP contribution is -2.52. The number of aliphatic hydroxyl groups excluding tert-OH is 1. The number of pyridine rings is 1. The Hall–Kier alpha value is -1.17. The molecule has 4 bridgehead atoms. The summed E-state index contributed by atoms with van der Waals surface area (Å²) >= 11 is 6.06. The first-order valence-corrected chi connectivity index (χ1v) is 10.6. The third-order valence-corrected chi connectivity index (χ3v) is 7.51. The monoisotopic (exact) mass is 391 g/mol. The lowest BCUT2D eigenvalue weighted by Gasteiger charge is -2.58. The molecule has 27 heavy (non-hydrogen) atoms. The smallest absolute Gasteiger partial charge is 0.250 e. The van der Waals surface area contributed by atoms with Crippen LogP contribution in [-0.4, -0.2) is 40.6 Å². The second-order valence-corrected chi connectivity index (χ2v) is 9.65. The topological polar surface area (TPSA) is 79.5 Å². The number of hydrogen-bond acceptors (Lipinski definition) is 4. The summed E-state index contributed by atoms with van der Waals surface area (Å²) in [7, 11) is 0. The van der Waals surface area contributed by atoms with Crippen LogP contribution in [-0.2, 0) is 0 Å². The average molecular weight is 392 g/mol. The van der Waals surface area contributed by atoms with E-state index in [1.165, 1.54) is 44.7 Å². The molecule has 4 fully saturated rings. The normalized spacial score (nSPS) is 32.8. The molecule has 1 amide bonds. The van der Waals surface area contributed by atoms with Crippen molar-refractivity contribution in [2.45, 2.75) is 51.5 Å². The molecule has 4 saturated carbocycles. The number of nitrogens with two attached hydrogens (primary N) is 1. The van der Waals surface area contributed by atoms with E-state index in [0.29, 0.717) is 17.5 Å². The van der Waals surface area contributed by atoms with Crippen LogP contribution < -0.4 is 5.73 Å². The number of nitrogens with zero attached hydrogens (tertiary/aromatic N) is 2. The van der Waals surface area contributed by atoms with Crippen LogP contribution in [0.1, 0.15) is 67.5 Å². The van der Waals surface area contributed by atoms with Crippen molar-refractivity contribution in [1.82, 2.24) is 9.88 Å². The molecule has 3 N–H and O–H groups in total. The van der Waals surface area contributed by atoms with Crippen LogP contribution in [0.2, 0.25) is 5.02 Å². The molecular formula is C21H30ClN3O2. The zero-order chi connectivity index (χ0) is 19.2. The molecule has 5 rings (SSSR count). The van der Waals surface area contributed by atoms with E-state index < -0.39 is 5.91 Å². The minimum Gasteiger partial charge on any atom is -0.395 e. The van der Waals surface area contributed by atoms with Gasteiger partial charge in [-0.2, -0.15) is 0 Å². The highest BCUT2D eigenvalue weighted by Gasteiger charge is 2.51. The van der Waals surface area contributed by atoms with Gasteiger partial charge in [-0.25, -0.2) is 0 Å². The maximum atomic E-state index is 11.6. The van der Waals surface area contributed by atoms with Gasteiger partial charge in [0.2, 0.25) is 5.91 Å². The molecule has 4 aliphatic carbocycles. The van der Waals surface area contributed by atoms with Crippen LogP contribution >= 0.6 is 11.6 Å². The number of aromatic nitrogens is 1. The second kappa shape index (κ2) is 7.34. The van der Waals surface area contributed by atoms with Crippen molar-refractivity contribution < 1.29 is 9.90 Å². The number of carbonyl (C=O) groups excluding carboxylic acids is 1. The fourth-order valence-electron chi connectivity index (χ4n) is 6.51. The van der Waals surface area contributed by atoms with E-state index in [-0.39, 0.29) is 17.7 Å². The van der Waals surface area contributed by atoms with Crippen molar-refractivity contribution in [2.24, 2.45) is 28.9 Å². The Morgan fingerprint density at radius 1 is 1.33 bits per heavy atom. The quantitative estimate of drug-likeness (QED) is 0.746. The minimum absolute atomic E-state index is 0.000483. The highest BCUT2D eigenvalue weighted by molar-refractivity contribution is 6.33. The number of halogens is 1. The predicted molar refractivity (Wildman–Crippen MR) is 105 cm³/mol. The second-order valence-electron chi connectivity index (χ2n) is 9.24. The van der Waals surface area contributed by atoms with Crippen LogP contribution in [0.25, 0.3) is 0 Å². The van der Waals surface area contributed by atoms with Gasteiger partial charge in [0.25, 0.3) is 0 Å². The first-order valence-electron chi connectivity index (χ1n) is 10.2. The standard InChI is InChI=1S/C21H30ClN3O2/c1-13(19-7-17(20(23)27)18(22)11-24-19)25(2-3-26)12-21-8-14-4-15(9-21)6-16(5-14)10-21/h7,11,13-16,26H,2-6,8-10,12H2,1H3,(H2,23,27). The number of amides is 1. The van der Waals surface area contributed by atoms with Crippen molar-refractivity contribution in [3.8, 4) is 0 Å². The van der Waals surface area contributed by atoms with Gasteiger partial charge in [-0.3, -0.25) is 14.7 Å². The summed E-state index contributed by atoms with van der Waals surface area (Å²) in [6, 6.07) is 1.71. The summed E-state index contributed by atoms with van der Waals surface area (Å²) in [5, 5.41) is 9.96. The van der Waals surface area contributed by atoms with Crippen LogP contribution in [0.3, 0.4) is 0 Å². The Kier molecular flexibility index (Phi) is 5.21. The first kappa shape index (κ1) is 19.2. The van der Waals surface area contributed by atoms with Gasteiger partial charge >= 0.3 is 0 Å². The third kappa shape index (κ3) is 3.74. The van der Waals surface area contributed by atoms with E-state index >= 15 is 0 Å². The van der Waals surface area contributed by atoms with Crippen LogP contribution in [0.15, 0.2) is 12.3 Å². The van der Waals surface area contributed by atoms with Crippen molar-refractivity contribution in [1.29, 1.82) is 0 Å². The molecule has 0 aromatic carbocycles. The molecule has 1 aromatic rings. The number of aliphatic hydroxyl groups is 1. The van der Waals surface area contributed by atoms with Crippen molar-refractivity contribution >= 4 is 17.5 Å². The minimum atomic E-state index is -0.536. The zero-order valence-electron chi connectivity index (χ0n) is 16.0. The van der Waals surface area contributed by atoms with Gasteiger partial charge in [-0.15, -0.1) is 0 Å². The highest BCUT2D eigenvalue weighted by atomic mass is 35.5. The van der Waals surface area contributed by atoms with Gasteiger partial charge in [0, 0.05) is 25.3 Å². The summed E-state index contributed by atoms with van der Waals surface area (Å²) in [5.74, 6) is 2.17. The van der Waals surface area contributed by atoms with Crippen molar-refractivity contribution in [3.05, 3.63) is 28.5 Å². The predicted octanol–water partition coefficient (Wildman–Crippen LogP) is 3.41. The van der Waals surface area contributed by atoms with Gasteiger partial charge in [0.1, 0.15) is 0 Å². The van der Waals surface area contributed by atoms with E-state index in [0.717, 1.165) is 30.0 Å². The Balaban J connectivity index is 1.56. The fraction of sp³-hybridized carbons (Fsp3) is 0.714. The van der Waals surface area contributed by atoms with Gasteiger partial charge in [0.05, 0.1) is 22.9 Å². The maximum Gasteiger partial charge on any atom is 0.250 e. The van der Waals surface area contributed by atoms with E-state index in [4.69, 9.17) is 17.3 Å². The van der Waals surface area contributed by atoms with E-state index in [1.54, 1.807) is 6.07 Å². The third-order valence-electron chi connectivity index (χ3n) is 7.21. The molecule has 1 aromatic heterocycles. The van der Waals surface area contributed by atoms with Crippen molar-refractivity contribution in [3.63, 3.8) is 0 Å². The van der Waals surface area contributed by atoms with E-state index in [2.05, 4.69) is 16.8 Å². The number of primary amides is 1.